The minimum absolute atomic E-state index is 0.0146. The van der Waals surface area contributed by atoms with Crippen molar-refractivity contribution in [2.75, 3.05) is 24.6 Å². The van der Waals surface area contributed by atoms with Crippen LogP contribution in [0.5, 0.6) is 0 Å². The molecule has 1 atom stereocenters. The van der Waals surface area contributed by atoms with Crippen molar-refractivity contribution in [3.05, 3.63) is 107 Å². The fraction of sp³-hybridized carbons (Fsp3) is 0.138. The highest BCUT2D eigenvalue weighted by Crippen LogP contribution is 2.31. The number of carbonyl (C=O) groups is 3. The number of nitrogens with two attached hydrogens (primary N) is 1. The van der Waals surface area contributed by atoms with Crippen LogP contribution in [0, 0.1) is 0 Å². The van der Waals surface area contributed by atoms with E-state index >= 15 is 0 Å². The first-order chi connectivity index (χ1) is 17.9. The fourth-order valence-electron chi connectivity index (χ4n) is 4.41. The van der Waals surface area contributed by atoms with Gasteiger partial charge in [-0.15, -0.1) is 11.3 Å². The number of thiophene rings is 1. The summed E-state index contributed by atoms with van der Waals surface area (Å²) in [5.41, 5.74) is 10.2. The van der Waals surface area contributed by atoms with E-state index in [0.717, 1.165) is 21.6 Å². The largest absolute Gasteiger partial charge is 0.397 e. The second-order valence-electron chi connectivity index (χ2n) is 8.94. The Kier molecular flexibility index (Phi) is 6.74. The molecule has 3 amide bonds. The number of rotatable bonds is 6. The molecule has 2 heterocycles. The zero-order valence-electron chi connectivity index (χ0n) is 20.3. The monoisotopic (exact) mass is 510 g/mol. The predicted molar refractivity (Wildman–Crippen MR) is 146 cm³/mol. The Morgan fingerprint density at radius 3 is 2.46 bits per heavy atom. The average molecular weight is 511 g/mol. The van der Waals surface area contributed by atoms with Gasteiger partial charge in [0.05, 0.1) is 11.4 Å². The second-order valence-corrected chi connectivity index (χ2v) is 9.89. The summed E-state index contributed by atoms with van der Waals surface area (Å²) in [6, 6.07) is 25.2. The van der Waals surface area contributed by atoms with Crippen LogP contribution in [0.3, 0.4) is 0 Å². The third-order valence-electron chi connectivity index (χ3n) is 6.46. The molecule has 1 aliphatic rings. The molecule has 37 heavy (non-hydrogen) atoms. The van der Waals surface area contributed by atoms with E-state index < -0.39 is 6.04 Å². The number of amides is 3. The molecular formula is C29H26N4O3S. The fourth-order valence-corrected chi connectivity index (χ4v) is 5.13. The van der Waals surface area contributed by atoms with Crippen molar-refractivity contribution < 1.29 is 14.4 Å². The van der Waals surface area contributed by atoms with Crippen molar-refractivity contribution in [3.8, 4) is 10.4 Å². The number of benzene rings is 3. The first kappa shape index (κ1) is 24.3. The zero-order chi connectivity index (χ0) is 25.9. The van der Waals surface area contributed by atoms with Crippen LogP contribution in [0.1, 0.15) is 27.5 Å². The Hall–Kier alpha value is -4.43. The number of piperazine rings is 1. The highest BCUT2D eigenvalue weighted by atomic mass is 32.1. The highest BCUT2D eigenvalue weighted by Gasteiger charge is 2.38. The van der Waals surface area contributed by atoms with Crippen molar-refractivity contribution >= 4 is 40.4 Å². The lowest BCUT2D eigenvalue weighted by Crippen LogP contribution is -2.53. The van der Waals surface area contributed by atoms with Gasteiger partial charge in [0.15, 0.2) is 0 Å². The molecule has 1 aliphatic heterocycles. The van der Waals surface area contributed by atoms with E-state index in [1.165, 1.54) is 4.90 Å². The summed E-state index contributed by atoms with van der Waals surface area (Å²) in [6.45, 7) is 0.292. The number of nitrogens with zero attached hydrogens (tertiary/aromatic N) is 2. The molecule has 1 saturated heterocycles. The summed E-state index contributed by atoms with van der Waals surface area (Å²) in [5, 5.41) is 4.90. The van der Waals surface area contributed by atoms with Gasteiger partial charge in [-0.1, -0.05) is 54.6 Å². The highest BCUT2D eigenvalue weighted by molar-refractivity contribution is 7.13. The van der Waals surface area contributed by atoms with E-state index in [2.05, 4.69) is 5.32 Å². The maximum Gasteiger partial charge on any atom is 0.255 e. The summed E-state index contributed by atoms with van der Waals surface area (Å²) in [6.07, 6.45) is 0. The van der Waals surface area contributed by atoms with E-state index in [0.29, 0.717) is 16.9 Å². The van der Waals surface area contributed by atoms with Gasteiger partial charge in [0.1, 0.15) is 12.6 Å². The molecule has 3 N–H and O–H groups in total. The number of anilines is 2. The summed E-state index contributed by atoms with van der Waals surface area (Å²) in [5.74, 6) is -0.528. The quantitative estimate of drug-likeness (QED) is 0.365. The van der Waals surface area contributed by atoms with Gasteiger partial charge in [0.25, 0.3) is 11.8 Å². The minimum Gasteiger partial charge on any atom is -0.397 e. The van der Waals surface area contributed by atoms with Crippen molar-refractivity contribution in [2.24, 2.45) is 0 Å². The second kappa shape index (κ2) is 10.3. The van der Waals surface area contributed by atoms with Gasteiger partial charge in [-0.2, -0.15) is 0 Å². The Labute approximate surface area is 219 Å². The molecule has 0 radical (unpaired) electrons. The summed E-state index contributed by atoms with van der Waals surface area (Å²) in [4.78, 5) is 43.0. The molecule has 3 aromatic carbocycles. The molecule has 1 unspecified atom stereocenters. The van der Waals surface area contributed by atoms with Gasteiger partial charge in [-0.3, -0.25) is 14.4 Å². The molecule has 186 valence electrons. The van der Waals surface area contributed by atoms with Crippen molar-refractivity contribution in [1.82, 2.24) is 9.80 Å². The Morgan fingerprint density at radius 2 is 1.76 bits per heavy atom. The van der Waals surface area contributed by atoms with Crippen LogP contribution in [-0.2, 0) is 16.1 Å². The lowest BCUT2D eigenvalue weighted by Gasteiger charge is -2.38. The van der Waals surface area contributed by atoms with Crippen molar-refractivity contribution in [2.45, 2.75) is 12.6 Å². The van der Waals surface area contributed by atoms with Crippen molar-refractivity contribution in [1.29, 1.82) is 0 Å². The average Bonchev–Trinajstić information content (AvgIpc) is 3.45. The van der Waals surface area contributed by atoms with E-state index in [1.54, 1.807) is 53.6 Å². The van der Waals surface area contributed by atoms with E-state index in [4.69, 9.17) is 5.73 Å². The van der Waals surface area contributed by atoms with Gasteiger partial charge >= 0.3 is 0 Å². The van der Waals surface area contributed by atoms with Gasteiger partial charge in [-0.05, 0) is 52.4 Å². The Bertz CT molecular complexity index is 1440. The van der Waals surface area contributed by atoms with Crippen LogP contribution in [-0.4, -0.2) is 41.1 Å². The molecule has 0 bridgehead atoms. The van der Waals surface area contributed by atoms with Crippen LogP contribution in [0.2, 0.25) is 0 Å². The molecule has 5 rings (SSSR count). The van der Waals surface area contributed by atoms with E-state index in [-0.39, 0.29) is 30.8 Å². The van der Waals surface area contributed by atoms with Gasteiger partial charge in [-0.25, -0.2) is 0 Å². The normalized spacial score (nSPS) is 15.6. The van der Waals surface area contributed by atoms with Crippen LogP contribution in [0.25, 0.3) is 10.4 Å². The number of nitrogens with one attached hydrogen (secondary N) is 1. The zero-order valence-corrected chi connectivity index (χ0v) is 21.1. The standard InChI is InChI=1S/C29H26N4O3S/c1-32-26(34)18-33(29(36)27(32)20-6-3-2-4-7-20)17-19-9-11-21(12-10-19)28(35)31-24-16-22(13-14-23(24)30)25-8-5-15-37-25/h2-16,27H,17-18,30H2,1H3,(H,31,35). The minimum atomic E-state index is -0.650. The molecule has 8 heteroatoms. The van der Waals surface area contributed by atoms with E-state index in [9.17, 15) is 14.4 Å². The molecule has 1 aromatic heterocycles. The molecule has 4 aromatic rings. The van der Waals surface area contributed by atoms with Crippen molar-refractivity contribution in [3.63, 3.8) is 0 Å². The van der Waals surface area contributed by atoms with Crippen LogP contribution < -0.4 is 11.1 Å². The number of hydrogen-bond donors (Lipinski definition) is 2. The number of carbonyl (C=O) groups excluding carboxylic acids is 3. The SMILES string of the molecule is CN1C(=O)CN(Cc2ccc(C(=O)Nc3cc(-c4cccs4)ccc3N)cc2)C(=O)C1c1ccccc1. The van der Waals surface area contributed by atoms with Gasteiger partial charge < -0.3 is 20.9 Å². The first-order valence-electron chi connectivity index (χ1n) is 11.8. The van der Waals surface area contributed by atoms with E-state index in [1.807, 2.05) is 60.0 Å². The topological polar surface area (TPSA) is 95.7 Å². The lowest BCUT2D eigenvalue weighted by molar-refractivity contribution is -0.155. The number of nitrogen functional groups attached to an aromatic ring is 1. The smallest absolute Gasteiger partial charge is 0.255 e. The predicted octanol–water partition coefficient (Wildman–Crippen LogP) is 4.79. The number of hydrogen-bond acceptors (Lipinski definition) is 5. The Balaban J connectivity index is 1.28. The maximum absolute atomic E-state index is 13.3. The van der Waals surface area contributed by atoms with Gasteiger partial charge in [0.2, 0.25) is 5.91 Å². The number of likely N-dealkylation sites (N-methyl/N-ethyl adjacent to an activating group) is 1. The molecule has 0 aliphatic carbocycles. The van der Waals surface area contributed by atoms with Crippen LogP contribution in [0.15, 0.2) is 90.3 Å². The van der Waals surface area contributed by atoms with Gasteiger partial charge in [0, 0.05) is 24.0 Å². The maximum atomic E-state index is 13.3. The van der Waals surface area contributed by atoms with Crippen LogP contribution in [0.4, 0.5) is 11.4 Å². The molecule has 0 saturated carbocycles. The summed E-state index contributed by atoms with van der Waals surface area (Å²) in [7, 11) is 1.66. The molecule has 0 spiro atoms. The molecular weight excluding hydrogens is 484 g/mol. The molecule has 1 fully saturated rings. The molecule has 7 nitrogen and oxygen atoms in total. The first-order valence-corrected chi connectivity index (χ1v) is 12.7. The third-order valence-corrected chi connectivity index (χ3v) is 7.38. The van der Waals surface area contributed by atoms with Crippen LogP contribution >= 0.6 is 11.3 Å². The Morgan fingerprint density at radius 1 is 1.00 bits per heavy atom. The third kappa shape index (κ3) is 5.10. The summed E-state index contributed by atoms with van der Waals surface area (Å²) >= 11 is 1.62. The lowest BCUT2D eigenvalue weighted by atomic mass is 10.0. The summed E-state index contributed by atoms with van der Waals surface area (Å²) < 4.78 is 0.